The van der Waals surface area contributed by atoms with Crippen molar-refractivity contribution in [3.63, 3.8) is 0 Å². The fourth-order valence-electron chi connectivity index (χ4n) is 3.12. The SMILES string of the molecule is CCCCCCCCCCCCCOCCOCCOCCOCCOC(=O)CCC. The zero-order valence-corrected chi connectivity index (χ0v) is 20.5. The zero-order valence-electron chi connectivity index (χ0n) is 20.5. The van der Waals surface area contributed by atoms with E-state index in [0.717, 1.165) is 19.4 Å². The van der Waals surface area contributed by atoms with Gasteiger partial charge in [-0.15, -0.1) is 0 Å². The number of carbonyl (C=O) groups is 1. The highest BCUT2D eigenvalue weighted by molar-refractivity contribution is 5.69. The van der Waals surface area contributed by atoms with E-state index in [1.165, 1.54) is 64.2 Å². The van der Waals surface area contributed by atoms with Gasteiger partial charge in [-0.2, -0.15) is 0 Å². The van der Waals surface area contributed by atoms with Crippen molar-refractivity contribution in [2.45, 2.75) is 97.3 Å². The summed E-state index contributed by atoms with van der Waals surface area (Å²) in [5, 5.41) is 0. The van der Waals surface area contributed by atoms with E-state index in [9.17, 15) is 4.79 Å². The van der Waals surface area contributed by atoms with E-state index < -0.39 is 0 Å². The van der Waals surface area contributed by atoms with Crippen molar-refractivity contribution in [1.29, 1.82) is 0 Å². The number of hydrogen-bond acceptors (Lipinski definition) is 6. The molecular weight excluding hydrogens is 396 g/mol. The lowest BCUT2D eigenvalue weighted by Crippen LogP contribution is -2.14. The average molecular weight is 447 g/mol. The molecule has 0 rings (SSSR count). The van der Waals surface area contributed by atoms with Crippen LogP contribution in [0, 0.1) is 0 Å². The Morgan fingerprint density at radius 3 is 1.29 bits per heavy atom. The van der Waals surface area contributed by atoms with Gasteiger partial charge in [0.1, 0.15) is 6.61 Å². The van der Waals surface area contributed by atoms with Crippen LogP contribution >= 0.6 is 0 Å². The van der Waals surface area contributed by atoms with Gasteiger partial charge in [0.2, 0.25) is 0 Å². The predicted octanol–water partition coefficient (Wildman–Crippen LogP) is 5.71. The van der Waals surface area contributed by atoms with Crippen molar-refractivity contribution >= 4 is 5.97 Å². The molecule has 0 N–H and O–H groups in total. The number of hydrogen-bond donors (Lipinski definition) is 0. The van der Waals surface area contributed by atoms with E-state index in [1.54, 1.807) is 0 Å². The Kier molecular flexibility index (Phi) is 26.7. The largest absolute Gasteiger partial charge is 0.463 e. The third-order valence-electron chi connectivity index (χ3n) is 4.95. The first-order valence-corrected chi connectivity index (χ1v) is 12.8. The maximum absolute atomic E-state index is 11.1. The summed E-state index contributed by atoms with van der Waals surface area (Å²) in [6.45, 7) is 9.16. The number of ether oxygens (including phenoxy) is 5. The van der Waals surface area contributed by atoms with E-state index in [4.69, 9.17) is 23.7 Å². The molecule has 0 aromatic heterocycles. The lowest BCUT2D eigenvalue weighted by Gasteiger charge is -2.08. The minimum Gasteiger partial charge on any atom is -0.463 e. The first kappa shape index (κ1) is 30.3. The fraction of sp³-hybridized carbons (Fsp3) is 0.960. The minimum atomic E-state index is -0.165. The minimum absolute atomic E-state index is 0.165. The maximum atomic E-state index is 11.1. The van der Waals surface area contributed by atoms with Gasteiger partial charge in [0.15, 0.2) is 0 Å². The number of unbranched alkanes of at least 4 members (excludes halogenated alkanes) is 10. The van der Waals surface area contributed by atoms with Gasteiger partial charge in [-0.3, -0.25) is 4.79 Å². The van der Waals surface area contributed by atoms with Gasteiger partial charge in [0.05, 0.1) is 46.2 Å². The average Bonchev–Trinajstić information content (AvgIpc) is 2.77. The third-order valence-corrected chi connectivity index (χ3v) is 4.95. The number of carbonyl (C=O) groups excluding carboxylic acids is 1. The molecule has 0 aromatic rings. The van der Waals surface area contributed by atoms with E-state index in [1.807, 2.05) is 6.92 Å². The van der Waals surface area contributed by atoms with E-state index in [0.29, 0.717) is 59.3 Å². The van der Waals surface area contributed by atoms with Crippen LogP contribution in [0.5, 0.6) is 0 Å². The Balaban J connectivity index is 3.03. The van der Waals surface area contributed by atoms with Crippen LogP contribution in [0.3, 0.4) is 0 Å². The highest BCUT2D eigenvalue weighted by Gasteiger charge is 1.99. The quantitative estimate of drug-likeness (QED) is 0.125. The lowest BCUT2D eigenvalue weighted by atomic mass is 10.1. The summed E-state index contributed by atoms with van der Waals surface area (Å²) in [4.78, 5) is 11.1. The molecule has 0 unspecified atom stereocenters. The molecule has 0 aromatic carbocycles. The molecular formula is C25H50O6. The third kappa shape index (κ3) is 27.3. The standard InChI is InChI=1S/C25H50O6/c1-3-5-6-7-8-9-10-11-12-13-14-16-27-17-18-28-19-20-29-21-22-30-23-24-31-25(26)15-4-2/h3-24H2,1-2H3. The zero-order chi connectivity index (χ0) is 22.7. The Morgan fingerprint density at radius 2 is 0.839 bits per heavy atom. The van der Waals surface area contributed by atoms with E-state index in [2.05, 4.69) is 6.92 Å². The summed E-state index contributed by atoms with van der Waals surface area (Å²) in [5.41, 5.74) is 0. The highest BCUT2D eigenvalue weighted by atomic mass is 16.6. The highest BCUT2D eigenvalue weighted by Crippen LogP contribution is 2.11. The molecule has 0 amide bonds. The van der Waals surface area contributed by atoms with Gasteiger partial charge in [0, 0.05) is 13.0 Å². The molecule has 186 valence electrons. The van der Waals surface area contributed by atoms with Crippen LogP contribution < -0.4 is 0 Å². The molecule has 0 spiro atoms. The number of esters is 1. The van der Waals surface area contributed by atoms with Crippen LogP contribution in [0.4, 0.5) is 0 Å². The maximum Gasteiger partial charge on any atom is 0.305 e. The van der Waals surface area contributed by atoms with Crippen molar-refractivity contribution in [3.05, 3.63) is 0 Å². The molecule has 0 heterocycles. The van der Waals surface area contributed by atoms with E-state index >= 15 is 0 Å². The van der Waals surface area contributed by atoms with Gasteiger partial charge in [-0.05, 0) is 12.8 Å². The van der Waals surface area contributed by atoms with Crippen LogP contribution in [-0.2, 0) is 28.5 Å². The van der Waals surface area contributed by atoms with Gasteiger partial charge < -0.3 is 23.7 Å². The predicted molar refractivity (Wildman–Crippen MR) is 126 cm³/mol. The van der Waals surface area contributed by atoms with Crippen molar-refractivity contribution in [2.24, 2.45) is 0 Å². The van der Waals surface area contributed by atoms with E-state index in [-0.39, 0.29) is 5.97 Å². The van der Waals surface area contributed by atoms with Crippen molar-refractivity contribution in [3.8, 4) is 0 Å². The van der Waals surface area contributed by atoms with Crippen LogP contribution in [0.25, 0.3) is 0 Å². The molecule has 0 saturated carbocycles. The van der Waals surface area contributed by atoms with Crippen LogP contribution in [0.2, 0.25) is 0 Å². The summed E-state index contributed by atoms with van der Waals surface area (Å²) < 4.78 is 26.9. The Bertz CT molecular complexity index is 351. The second-order valence-electron chi connectivity index (χ2n) is 7.96. The molecule has 0 bridgehead atoms. The van der Waals surface area contributed by atoms with Crippen molar-refractivity contribution in [1.82, 2.24) is 0 Å². The fourth-order valence-corrected chi connectivity index (χ4v) is 3.12. The molecule has 0 radical (unpaired) electrons. The Labute approximate surface area is 191 Å². The first-order chi connectivity index (χ1) is 15.3. The molecule has 6 nitrogen and oxygen atoms in total. The summed E-state index contributed by atoms with van der Waals surface area (Å²) in [6.07, 6.45) is 16.2. The van der Waals surface area contributed by atoms with Gasteiger partial charge >= 0.3 is 5.97 Å². The second kappa shape index (κ2) is 27.3. The van der Waals surface area contributed by atoms with Crippen molar-refractivity contribution in [2.75, 3.05) is 59.5 Å². The van der Waals surface area contributed by atoms with Gasteiger partial charge in [-0.1, -0.05) is 78.1 Å². The number of rotatable bonds is 26. The molecule has 31 heavy (non-hydrogen) atoms. The molecule has 0 aliphatic carbocycles. The van der Waals surface area contributed by atoms with Gasteiger partial charge in [0.25, 0.3) is 0 Å². The molecule has 0 atom stereocenters. The second-order valence-corrected chi connectivity index (χ2v) is 7.96. The lowest BCUT2D eigenvalue weighted by molar-refractivity contribution is -0.145. The molecule has 0 aliphatic rings. The summed E-state index contributed by atoms with van der Waals surface area (Å²) in [5.74, 6) is -0.165. The molecule has 0 fully saturated rings. The van der Waals surface area contributed by atoms with Crippen LogP contribution in [0.1, 0.15) is 97.3 Å². The first-order valence-electron chi connectivity index (χ1n) is 12.8. The summed E-state index contributed by atoms with van der Waals surface area (Å²) in [7, 11) is 0. The molecule has 0 aliphatic heterocycles. The normalized spacial score (nSPS) is 11.2. The molecule has 0 saturated heterocycles. The van der Waals surface area contributed by atoms with Crippen molar-refractivity contribution < 1.29 is 28.5 Å². The topological polar surface area (TPSA) is 63.2 Å². The van der Waals surface area contributed by atoms with Crippen LogP contribution in [0.15, 0.2) is 0 Å². The van der Waals surface area contributed by atoms with Gasteiger partial charge in [-0.25, -0.2) is 0 Å². The Morgan fingerprint density at radius 1 is 0.452 bits per heavy atom. The summed E-state index contributed by atoms with van der Waals surface area (Å²) >= 11 is 0. The molecule has 6 heteroatoms. The smallest absolute Gasteiger partial charge is 0.305 e. The van der Waals surface area contributed by atoms with Crippen LogP contribution in [-0.4, -0.2) is 65.4 Å². The summed E-state index contributed by atoms with van der Waals surface area (Å²) in [6, 6.07) is 0. The monoisotopic (exact) mass is 446 g/mol. The Hall–Kier alpha value is -0.690.